The van der Waals surface area contributed by atoms with Crippen molar-refractivity contribution in [1.82, 2.24) is 4.98 Å². The molecule has 0 unspecified atom stereocenters. The van der Waals surface area contributed by atoms with Gasteiger partial charge < -0.3 is 20.6 Å². The number of anilines is 1. The molecule has 21 heavy (non-hydrogen) atoms. The van der Waals surface area contributed by atoms with E-state index in [9.17, 15) is 15.0 Å². The first-order valence-corrected chi connectivity index (χ1v) is 6.68. The van der Waals surface area contributed by atoms with Crippen molar-refractivity contribution in [2.24, 2.45) is 0 Å². The molecule has 0 radical (unpaired) electrons. The third-order valence-corrected chi connectivity index (χ3v) is 3.62. The van der Waals surface area contributed by atoms with Gasteiger partial charge >= 0.3 is 5.97 Å². The number of aliphatic hydroxyl groups is 2. The number of hydrogen-bond acceptors (Lipinski definition) is 5. The number of carboxylic acids is 1. The highest BCUT2D eigenvalue weighted by Crippen LogP contribution is 2.27. The summed E-state index contributed by atoms with van der Waals surface area (Å²) in [7, 11) is 0. The van der Waals surface area contributed by atoms with Crippen LogP contribution < -0.4 is 5.32 Å². The minimum atomic E-state index is -1.13. The summed E-state index contributed by atoms with van der Waals surface area (Å²) < 4.78 is 0. The number of aromatic carboxylic acids is 1. The molecule has 0 amide bonds. The summed E-state index contributed by atoms with van der Waals surface area (Å²) in [6, 6.07) is 8.54. The Labute approximate surface area is 122 Å². The molecule has 0 spiro atoms. The Bertz CT molecular complexity index is 645. The highest BCUT2D eigenvalue weighted by Gasteiger charge is 2.27. The molecule has 4 N–H and O–H groups in total. The van der Waals surface area contributed by atoms with Crippen molar-refractivity contribution >= 4 is 22.6 Å². The predicted octanol–water partition coefficient (Wildman–Crippen LogP) is 1.48. The van der Waals surface area contributed by atoms with E-state index in [1.54, 1.807) is 12.1 Å². The lowest BCUT2D eigenvalue weighted by Gasteiger charge is -2.31. The minimum absolute atomic E-state index is 0.0860. The van der Waals surface area contributed by atoms with Crippen molar-refractivity contribution in [3.05, 3.63) is 36.0 Å². The Morgan fingerprint density at radius 1 is 1.29 bits per heavy atom. The zero-order valence-electron chi connectivity index (χ0n) is 11.7. The average Bonchev–Trinajstić information content (AvgIpc) is 2.52. The number of rotatable bonds is 6. The number of aromatic nitrogens is 1. The third-order valence-electron chi connectivity index (χ3n) is 3.62. The van der Waals surface area contributed by atoms with Gasteiger partial charge in [-0.15, -0.1) is 0 Å². The highest BCUT2D eigenvalue weighted by atomic mass is 16.4. The van der Waals surface area contributed by atoms with Crippen LogP contribution in [0.3, 0.4) is 0 Å². The number of aliphatic hydroxyl groups excluding tert-OH is 2. The van der Waals surface area contributed by atoms with Gasteiger partial charge in [0.2, 0.25) is 0 Å². The fourth-order valence-electron chi connectivity index (χ4n) is 2.12. The summed E-state index contributed by atoms with van der Waals surface area (Å²) in [6.45, 7) is 1.30. The van der Waals surface area contributed by atoms with Crippen LogP contribution in [0.5, 0.6) is 0 Å². The van der Waals surface area contributed by atoms with Gasteiger partial charge in [-0.2, -0.15) is 0 Å². The van der Waals surface area contributed by atoms with Gasteiger partial charge in [0.1, 0.15) is 0 Å². The number of benzene rings is 1. The second-order valence-corrected chi connectivity index (χ2v) is 4.95. The van der Waals surface area contributed by atoms with Crippen molar-refractivity contribution in [3.8, 4) is 0 Å². The van der Waals surface area contributed by atoms with Gasteiger partial charge in [-0.1, -0.05) is 25.1 Å². The van der Waals surface area contributed by atoms with Crippen LogP contribution in [-0.4, -0.2) is 45.0 Å². The molecule has 0 aliphatic heterocycles. The summed E-state index contributed by atoms with van der Waals surface area (Å²) in [6.07, 6.45) is 0.485. The molecule has 0 fully saturated rings. The lowest BCUT2D eigenvalue weighted by atomic mass is 9.97. The average molecular weight is 290 g/mol. The summed E-state index contributed by atoms with van der Waals surface area (Å²) in [5, 5.41) is 32.0. The smallest absolute Gasteiger partial charge is 0.354 e. The number of nitrogens with one attached hydrogen (secondary N) is 1. The number of nitrogens with zero attached hydrogens (tertiary/aromatic N) is 1. The van der Waals surface area contributed by atoms with Crippen LogP contribution in [0.2, 0.25) is 0 Å². The first-order valence-electron chi connectivity index (χ1n) is 6.68. The number of pyridine rings is 1. The molecule has 1 aromatic carbocycles. The van der Waals surface area contributed by atoms with E-state index in [0.717, 1.165) is 5.39 Å². The van der Waals surface area contributed by atoms with E-state index in [4.69, 9.17) is 5.11 Å². The Morgan fingerprint density at radius 2 is 1.95 bits per heavy atom. The molecule has 6 nitrogen and oxygen atoms in total. The minimum Gasteiger partial charge on any atom is -0.477 e. The quantitative estimate of drug-likeness (QED) is 0.642. The molecule has 2 rings (SSSR count). The molecule has 0 aliphatic carbocycles. The second-order valence-electron chi connectivity index (χ2n) is 4.95. The van der Waals surface area contributed by atoms with E-state index in [1.807, 2.05) is 19.1 Å². The van der Waals surface area contributed by atoms with Crippen LogP contribution in [0, 0.1) is 0 Å². The first-order chi connectivity index (χ1) is 10.0. The molecule has 0 saturated carbocycles. The van der Waals surface area contributed by atoms with Gasteiger partial charge in [0.05, 0.1) is 24.3 Å². The maximum absolute atomic E-state index is 11.2. The maximum Gasteiger partial charge on any atom is 0.354 e. The highest BCUT2D eigenvalue weighted by molar-refractivity contribution is 5.97. The summed E-state index contributed by atoms with van der Waals surface area (Å²) in [5.41, 5.74) is 0.0840. The maximum atomic E-state index is 11.2. The van der Waals surface area contributed by atoms with Gasteiger partial charge in [-0.3, -0.25) is 0 Å². The predicted molar refractivity (Wildman–Crippen MR) is 79.5 cm³/mol. The topological polar surface area (TPSA) is 103 Å². The Kier molecular flexibility index (Phi) is 4.40. The van der Waals surface area contributed by atoms with Crippen LogP contribution in [0.4, 0.5) is 5.69 Å². The fourth-order valence-corrected chi connectivity index (χ4v) is 2.12. The largest absolute Gasteiger partial charge is 0.477 e. The van der Waals surface area contributed by atoms with Crippen molar-refractivity contribution in [1.29, 1.82) is 0 Å². The van der Waals surface area contributed by atoms with Crippen LogP contribution in [0.1, 0.15) is 23.8 Å². The Balaban J connectivity index is 2.58. The van der Waals surface area contributed by atoms with Crippen molar-refractivity contribution < 1.29 is 20.1 Å². The molecular weight excluding hydrogens is 272 g/mol. The lowest BCUT2D eigenvalue weighted by molar-refractivity contribution is 0.0691. The zero-order valence-corrected chi connectivity index (χ0v) is 11.7. The molecule has 0 bridgehead atoms. The lowest BCUT2D eigenvalue weighted by Crippen LogP contribution is -2.45. The first kappa shape index (κ1) is 15.2. The van der Waals surface area contributed by atoms with E-state index in [1.165, 1.54) is 6.07 Å². The molecule has 6 heteroatoms. The van der Waals surface area contributed by atoms with Crippen LogP contribution >= 0.6 is 0 Å². The molecule has 1 aromatic heterocycles. The molecule has 0 atom stereocenters. The number of carbonyl (C=O) groups is 1. The Morgan fingerprint density at radius 3 is 2.52 bits per heavy atom. The third kappa shape index (κ3) is 2.96. The van der Waals surface area contributed by atoms with E-state index >= 15 is 0 Å². The van der Waals surface area contributed by atoms with Gasteiger partial charge in [0.25, 0.3) is 0 Å². The van der Waals surface area contributed by atoms with E-state index in [-0.39, 0.29) is 18.9 Å². The molecule has 2 aromatic rings. The SMILES string of the molecule is CCC(CO)(CO)Nc1cc(C(=O)O)nc2ccccc12. The second kappa shape index (κ2) is 6.07. The fraction of sp³-hybridized carbons (Fsp3) is 0.333. The van der Waals surface area contributed by atoms with Crippen LogP contribution in [-0.2, 0) is 0 Å². The van der Waals surface area contributed by atoms with Crippen LogP contribution in [0.15, 0.2) is 30.3 Å². The molecule has 0 saturated heterocycles. The van der Waals surface area contributed by atoms with E-state index in [0.29, 0.717) is 17.6 Å². The number of hydrogen-bond donors (Lipinski definition) is 4. The van der Waals surface area contributed by atoms with E-state index < -0.39 is 11.5 Å². The van der Waals surface area contributed by atoms with Gasteiger partial charge in [-0.05, 0) is 18.6 Å². The van der Waals surface area contributed by atoms with Gasteiger partial charge in [0, 0.05) is 11.1 Å². The normalized spacial score (nSPS) is 11.6. The standard InChI is InChI=1S/C15H18N2O4/c1-2-15(8-18,9-19)17-12-7-13(14(20)21)16-11-6-4-3-5-10(11)12/h3-7,18-19H,2,8-9H2,1H3,(H,16,17)(H,20,21). The van der Waals surface area contributed by atoms with Gasteiger partial charge in [-0.25, -0.2) is 9.78 Å². The number of fused-ring (bicyclic) bond motifs is 1. The summed E-state index contributed by atoms with van der Waals surface area (Å²) in [4.78, 5) is 15.3. The molecule has 1 heterocycles. The molecule has 0 aliphatic rings. The van der Waals surface area contributed by atoms with E-state index in [2.05, 4.69) is 10.3 Å². The van der Waals surface area contributed by atoms with Crippen molar-refractivity contribution in [2.75, 3.05) is 18.5 Å². The number of para-hydroxylation sites is 1. The summed E-state index contributed by atoms with van der Waals surface area (Å²) >= 11 is 0. The Hall–Kier alpha value is -2.18. The molecular formula is C15H18N2O4. The zero-order chi connectivity index (χ0) is 15.5. The summed E-state index contributed by atoms with van der Waals surface area (Å²) in [5.74, 6) is -1.13. The van der Waals surface area contributed by atoms with Crippen molar-refractivity contribution in [2.45, 2.75) is 18.9 Å². The monoisotopic (exact) mass is 290 g/mol. The van der Waals surface area contributed by atoms with Gasteiger partial charge in [0.15, 0.2) is 5.69 Å². The number of carboxylic acid groups (broad SMARTS) is 1. The molecule has 112 valence electrons. The van der Waals surface area contributed by atoms with Crippen molar-refractivity contribution in [3.63, 3.8) is 0 Å². The van der Waals surface area contributed by atoms with Crippen LogP contribution in [0.25, 0.3) is 10.9 Å².